The van der Waals surface area contributed by atoms with Gasteiger partial charge in [-0.25, -0.2) is 0 Å². The summed E-state index contributed by atoms with van der Waals surface area (Å²) in [6, 6.07) is 1.44. The number of nitrogens with zero attached hydrogens (tertiary/aromatic N) is 2. The first-order valence-electron chi connectivity index (χ1n) is 9.08. The summed E-state index contributed by atoms with van der Waals surface area (Å²) in [4.78, 5) is 25.3. The Balaban J connectivity index is 2.21. The molecule has 2 N–H and O–H groups in total. The molecule has 0 spiro atoms. The van der Waals surface area contributed by atoms with E-state index in [2.05, 4.69) is 10.2 Å². The maximum absolute atomic E-state index is 13.5. The zero-order valence-electron chi connectivity index (χ0n) is 16.4. The van der Waals surface area contributed by atoms with Gasteiger partial charge in [0.15, 0.2) is 11.6 Å². The first-order chi connectivity index (χ1) is 13.6. The van der Waals surface area contributed by atoms with Crippen LogP contribution < -0.4 is 4.74 Å². The van der Waals surface area contributed by atoms with Gasteiger partial charge >= 0.3 is 0 Å². The summed E-state index contributed by atoms with van der Waals surface area (Å²) in [5, 5.41) is 28.7. The average Bonchev–Trinajstić information content (AvgIpc) is 3.08. The first kappa shape index (κ1) is 20.9. The van der Waals surface area contributed by atoms with Gasteiger partial charge in [0.25, 0.3) is 0 Å². The number of hydrogen-bond acceptors (Lipinski definition) is 8. The Kier molecular flexibility index (Phi) is 5.40. The lowest BCUT2D eigenvalue weighted by molar-refractivity contribution is -0.117. The van der Waals surface area contributed by atoms with Gasteiger partial charge < -0.3 is 19.4 Å². The van der Waals surface area contributed by atoms with Crippen molar-refractivity contribution in [2.24, 2.45) is 11.3 Å². The molecule has 2 aromatic rings. The van der Waals surface area contributed by atoms with E-state index in [0.717, 1.165) is 6.08 Å². The zero-order valence-corrected chi connectivity index (χ0v) is 17.2. The van der Waals surface area contributed by atoms with Crippen LogP contribution in [0.2, 0.25) is 5.02 Å². The molecule has 0 radical (unpaired) electrons. The molecule has 0 saturated heterocycles. The van der Waals surface area contributed by atoms with Crippen LogP contribution in [0.3, 0.4) is 0 Å². The summed E-state index contributed by atoms with van der Waals surface area (Å²) >= 11 is 6.32. The van der Waals surface area contributed by atoms with Crippen molar-refractivity contribution in [2.45, 2.75) is 34.1 Å². The fourth-order valence-corrected chi connectivity index (χ4v) is 3.62. The van der Waals surface area contributed by atoms with Crippen molar-refractivity contribution in [3.8, 4) is 23.0 Å². The third-order valence-electron chi connectivity index (χ3n) is 5.28. The van der Waals surface area contributed by atoms with Crippen LogP contribution in [-0.2, 0) is 4.79 Å². The number of benzene rings is 1. The van der Waals surface area contributed by atoms with Gasteiger partial charge in [-0.2, -0.15) is 0 Å². The lowest BCUT2D eigenvalue weighted by Crippen LogP contribution is -2.40. The number of rotatable bonds is 5. The molecular formula is C20H21ClN2O6. The number of aromatic nitrogens is 2. The van der Waals surface area contributed by atoms with E-state index in [0.29, 0.717) is 5.89 Å². The van der Waals surface area contributed by atoms with E-state index in [4.69, 9.17) is 20.8 Å². The molecule has 3 rings (SSSR count). The third kappa shape index (κ3) is 3.37. The van der Waals surface area contributed by atoms with Gasteiger partial charge in [0.05, 0.1) is 22.6 Å². The second-order valence-corrected chi connectivity index (χ2v) is 7.53. The van der Waals surface area contributed by atoms with Crippen LogP contribution in [0.25, 0.3) is 11.5 Å². The number of phenolic OH excluding ortho intramolecular Hbond substituents is 1. The molecule has 2 atom stereocenters. The predicted molar refractivity (Wildman–Crippen MR) is 104 cm³/mol. The van der Waals surface area contributed by atoms with E-state index >= 15 is 0 Å². The molecule has 1 aromatic heterocycles. The van der Waals surface area contributed by atoms with E-state index < -0.39 is 22.9 Å². The number of carbonyl (C=O) groups excluding carboxylic acids is 2. The van der Waals surface area contributed by atoms with Crippen molar-refractivity contribution in [1.29, 1.82) is 0 Å². The van der Waals surface area contributed by atoms with Crippen LogP contribution in [-0.4, -0.2) is 38.6 Å². The fourth-order valence-electron chi connectivity index (χ4n) is 3.39. The number of phenols is 1. The Morgan fingerprint density at radius 2 is 2.10 bits per heavy atom. The molecule has 1 heterocycles. The monoisotopic (exact) mass is 420 g/mol. The number of ether oxygens (including phenoxy) is 1. The normalized spacial score (nSPS) is 21.8. The van der Waals surface area contributed by atoms with Crippen molar-refractivity contribution in [3.63, 3.8) is 0 Å². The number of aryl methyl sites for hydroxylation is 1. The predicted octanol–water partition coefficient (Wildman–Crippen LogP) is 4.04. The Morgan fingerprint density at radius 3 is 2.66 bits per heavy atom. The molecule has 1 aliphatic carbocycles. The SMILES string of the molecule is CCOc1cc(-c2nnc(C)o2)c(Cl)c(O)c1C(=O)[C@@]1(C)C(O)=CC(=O)C[C@H]1C. The Morgan fingerprint density at radius 1 is 1.41 bits per heavy atom. The van der Waals surface area contributed by atoms with Crippen molar-refractivity contribution >= 4 is 23.2 Å². The summed E-state index contributed by atoms with van der Waals surface area (Å²) in [6.07, 6.45) is 1.14. The largest absolute Gasteiger partial charge is 0.511 e. The minimum atomic E-state index is -1.43. The minimum Gasteiger partial charge on any atom is -0.511 e. The fraction of sp³-hybridized carbons (Fsp3) is 0.400. The number of carbonyl (C=O) groups is 2. The topological polar surface area (TPSA) is 123 Å². The number of ketones is 2. The lowest BCUT2D eigenvalue weighted by atomic mass is 9.66. The van der Waals surface area contributed by atoms with Gasteiger partial charge in [-0.15, -0.1) is 10.2 Å². The standard InChI is InChI=1S/C20H21ClN2O6/c1-5-28-13-8-12(19-23-22-10(3)29-19)16(21)17(26)15(13)18(27)20(4)9(2)6-11(24)7-14(20)25/h7-9,25-26H,5-6H2,1-4H3/t9-,20-/m1/s1. The second-order valence-electron chi connectivity index (χ2n) is 7.15. The quantitative estimate of drug-likeness (QED) is 0.694. The molecular weight excluding hydrogens is 400 g/mol. The summed E-state index contributed by atoms with van der Waals surface area (Å²) in [5.41, 5.74) is -1.40. The van der Waals surface area contributed by atoms with Gasteiger partial charge in [-0.05, 0) is 25.8 Å². The van der Waals surface area contributed by atoms with Crippen molar-refractivity contribution in [3.05, 3.63) is 34.4 Å². The van der Waals surface area contributed by atoms with Crippen molar-refractivity contribution < 1.29 is 29.0 Å². The van der Waals surface area contributed by atoms with Gasteiger partial charge in [0.1, 0.15) is 22.8 Å². The molecule has 0 amide bonds. The number of Topliss-reactive ketones (excluding diaryl/α,β-unsaturated/α-hetero) is 1. The van der Waals surface area contributed by atoms with Crippen LogP contribution in [0.1, 0.15) is 43.4 Å². The Bertz CT molecular complexity index is 1030. The van der Waals surface area contributed by atoms with E-state index in [1.807, 2.05) is 0 Å². The number of aromatic hydroxyl groups is 1. The molecule has 0 bridgehead atoms. The Labute approximate surface area is 172 Å². The molecule has 29 heavy (non-hydrogen) atoms. The molecule has 0 unspecified atom stereocenters. The molecule has 0 saturated carbocycles. The van der Waals surface area contributed by atoms with Gasteiger partial charge in [0, 0.05) is 19.4 Å². The summed E-state index contributed by atoms with van der Waals surface area (Å²) in [6.45, 7) is 6.74. The molecule has 1 aliphatic rings. The smallest absolute Gasteiger partial charge is 0.249 e. The molecule has 1 aromatic carbocycles. The van der Waals surface area contributed by atoms with Crippen molar-refractivity contribution in [2.75, 3.05) is 6.61 Å². The molecule has 8 nitrogen and oxygen atoms in total. The Hall–Kier alpha value is -2.87. The second kappa shape index (κ2) is 7.51. The van der Waals surface area contributed by atoms with Gasteiger partial charge in [-0.1, -0.05) is 18.5 Å². The van der Waals surface area contributed by atoms with E-state index in [9.17, 15) is 19.8 Å². The summed E-state index contributed by atoms with van der Waals surface area (Å²) in [7, 11) is 0. The van der Waals surface area contributed by atoms with E-state index in [-0.39, 0.29) is 52.4 Å². The first-order valence-corrected chi connectivity index (χ1v) is 9.46. The highest BCUT2D eigenvalue weighted by molar-refractivity contribution is 6.35. The van der Waals surface area contributed by atoms with Gasteiger partial charge in [-0.3, -0.25) is 9.59 Å². The number of halogens is 1. The van der Waals surface area contributed by atoms with Gasteiger partial charge in [0.2, 0.25) is 11.8 Å². The molecule has 0 fully saturated rings. The number of allylic oxidation sites excluding steroid dienone is 2. The highest BCUT2D eigenvalue weighted by atomic mass is 35.5. The zero-order chi connectivity index (χ0) is 21.5. The number of aliphatic hydroxyl groups excluding tert-OH is 1. The van der Waals surface area contributed by atoms with E-state index in [1.54, 1.807) is 20.8 Å². The van der Waals surface area contributed by atoms with Crippen LogP contribution in [0.15, 0.2) is 22.3 Å². The average molecular weight is 421 g/mol. The molecule has 9 heteroatoms. The van der Waals surface area contributed by atoms with Crippen LogP contribution in [0.5, 0.6) is 11.5 Å². The van der Waals surface area contributed by atoms with Crippen LogP contribution >= 0.6 is 11.6 Å². The van der Waals surface area contributed by atoms with E-state index in [1.165, 1.54) is 13.0 Å². The van der Waals surface area contributed by atoms with Crippen LogP contribution in [0.4, 0.5) is 0 Å². The highest BCUT2D eigenvalue weighted by Gasteiger charge is 2.48. The third-order valence-corrected chi connectivity index (χ3v) is 5.66. The molecule has 154 valence electrons. The maximum Gasteiger partial charge on any atom is 0.249 e. The van der Waals surface area contributed by atoms with Crippen molar-refractivity contribution in [1.82, 2.24) is 10.2 Å². The highest BCUT2D eigenvalue weighted by Crippen LogP contribution is 2.49. The maximum atomic E-state index is 13.5. The summed E-state index contributed by atoms with van der Waals surface area (Å²) in [5.74, 6) is -1.84. The number of aliphatic hydroxyl groups is 1. The molecule has 0 aliphatic heterocycles. The number of hydrogen-bond donors (Lipinski definition) is 2. The minimum absolute atomic E-state index is 0.0587. The lowest BCUT2D eigenvalue weighted by Gasteiger charge is -2.36. The summed E-state index contributed by atoms with van der Waals surface area (Å²) < 4.78 is 11.0. The van der Waals surface area contributed by atoms with Crippen LogP contribution in [0, 0.1) is 18.3 Å².